The van der Waals surface area contributed by atoms with Crippen molar-refractivity contribution in [2.75, 3.05) is 26.8 Å². The van der Waals surface area contributed by atoms with Crippen molar-refractivity contribution in [2.45, 2.75) is 37.1 Å². The smallest absolute Gasteiger partial charge is 0.319 e. The van der Waals surface area contributed by atoms with E-state index in [4.69, 9.17) is 9.47 Å². The van der Waals surface area contributed by atoms with Crippen molar-refractivity contribution < 1.29 is 19.1 Å². The Hall–Kier alpha value is -2.34. The lowest BCUT2D eigenvalue weighted by atomic mass is 9.56. The minimum Gasteiger partial charge on any atom is -0.468 e. The summed E-state index contributed by atoms with van der Waals surface area (Å²) in [6.07, 6.45) is 3.62. The number of carbonyl (C=O) groups excluding carboxylic acids is 2. The number of hydrogen-bond acceptors (Lipinski definition) is 5. The molecule has 6 heteroatoms. The number of aromatic amines is 1. The van der Waals surface area contributed by atoms with Crippen molar-refractivity contribution in [3.8, 4) is 0 Å². The van der Waals surface area contributed by atoms with Gasteiger partial charge in [-0.15, -0.1) is 0 Å². The van der Waals surface area contributed by atoms with Crippen molar-refractivity contribution in [3.05, 3.63) is 35.5 Å². The Labute approximate surface area is 164 Å². The van der Waals surface area contributed by atoms with Crippen molar-refractivity contribution in [3.63, 3.8) is 0 Å². The third-order valence-electron chi connectivity index (χ3n) is 7.22. The minimum atomic E-state index is -0.674. The first-order valence-corrected chi connectivity index (χ1v) is 10.2. The molecule has 4 heterocycles. The number of hydrogen-bond donors (Lipinski definition) is 1. The average Bonchev–Trinajstić information content (AvgIpc) is 3.06. The molecular weight excluding hydrogens is 356 g/mol. The number of para-hydroxylation sites is 1. The van der Waals surface area contributed by atoms with Crippen molar-refractivity contribution in [2.24, 2.45) is 11.8 Å². The van der Waals surface area contributed by atoms with Gasteiger partial charge in [0.25, 0.3) is 6.47 Å². The van der Waals surface area contributed by atoms with Crippen LogP contribution in [0.1, 0.15) is 30.5 Å². The number of benzene rings is 1. The van der Waals surface area contributed by atoms with E-state index in [0.29, 0.717) is 24.9 Å². The number of H-pyrrole nitrogens is 1. The molecule has 3 aliphatic heterocycles. The van der Waals surface area contributed by atoms with Gasteiger partial charge in [0.15, 0.2) is 0 Å². The second-order valence-corrected chi connectivity index (χ2v) is 8.50. The molecule has 2 saturated heterocycles. The van der Waals surface area contributed by atoms with E-state index in [1.807, 2.05) is 6.07 Å². The molecule has 1 aromatic heterocycles. The first-order valence-electron chi connectivity index (χ1n) is 10.2. The summed E-state index contributed by atoms with van der Waals surface area (Å²) in [4.78, 5) is 30.2. The highest BCUT2D eigenvalue weighted by Crippen LogP contribution is 2.55. The summed E-state index contributed by atoms with van der Waals surface area (Å²) in [6, 6.07) is 8.40. The SMILES string of the molecule is COC(=O)C12C[C@@H]3CC(CCOC=O)C1N(CCc1c2[nH]c2ccccc12)C3. The van der Waals surface area contributed by atoms with Gasteiger partial charge in [0.2, 0.25) is 0 Å². The average molecular weight is 382 g/mol. The van der Waals surface area contributed by atoms with Crippen LogP contribution in [0, 0.1) is 11.8 Å². The number of ether oxygens (including phenoxy) is 2. The lowest BCUT2D eigenvalue weighted by Gasteiger charge is -2.57. The molecule has 3 fully saturated rings. The molecule has 4 aliphatic rings. The Bertz CT molecular complexity index is 922. The number of rotatable bonds is 5. The second-order valence-electron chi connectivity index (χ2n) is 8.50. The zero-order valence-corrected chi connectivity index (χ0v) is 16.1. The van der Waals surface area contributed by atoms with E-state index in [-0.39, 0.29) is 12.0 Å². The lowest BCUT2D eigenvalue weighted by Crippen LogP contribution is -2.67. The standard InChI is InChI=1S/C22H26N2O4/c1-27-21(26)22-11-14-10-15(7-9-28-13-25)20(22)24(12-14)8-6-17-16-4-2-3-5-18(16)23-19(17)22/h2-5,13-15,20,23H,6-12H2,1H3/t14-,15?,20?,22?/m0/s1. The third kappa shape index (κ3) is 2.37. The molecule has 1 aliphatic carbocycles. The van der Waals surface area contributed by atoms with E-state index in [9.17, 15) is 9.59 Å². The van der Waals surface area contributed by atoms with Gasteiger partial charge in [-0.25, -0.2) is 0 Å². The molecule has 5 atom stereocenters. The fraction of sp³-hybridized carbons (Fsp3) is 0.545. The molecule has 1 N–H and O–H groups in total. The highest BCUT2D eigenvalue weighted by Gasteiger charge is 2.62. The van der Waals surface area contributed by atoms with Crippen molar-refractivity contribution >= 4 is 23.3 Å². The Balaban J connectivity index is 1.68. The second kappa shape index (κ2) is 6.62. The number of methoxy groups -OCH3 is 1. The monoisotopic (exact) mass is 382 g/mol. The Morgan fingerprint density at radius 1 is 1.39 bits per heavy atom. The van der Waals surface area contributed by atoms with E-state index >= 15 is 0 Å². The molecule has 0 amide bonds. The Kier molecular flexibility index (Phi) is 4.19. The molecule has 2 aromatic rings. The van der Waals surface area contributed by atoms with E-state index in [0.717, 1.165) is 50.0 Å². The van der Waals surface area contributed by atoms with Crippen LogP contribution in [0.25, 0.3) is 10.9 Å². The van der Waals surface area contributed by atoms with Crippen molar-refractivity contribution in [1.82, 2.24) is 9.88 Å². The maximum atomic E-state index is 13.4. The van der Waals surface area contributed by atoms with Crippen LogP contribution >= 0.6 is 0 Å². The minimum absolute atomic E-state index is 0.0783. The third-order valence-corrected chi connectivity index (χ3v) is 7.22. The highest BCUT2D eigenvalue weighted by molar-refractivity contribution is 5.91. The Morgan fingerprint density at radius 3 is 3.07 bits per heavy atom. The van der Waals surface area contributed by atoms with Crippen LogP contribution in [0.2, 0.25) is 0 Å². The summed E-state index contributed by atoms with van der Waals surface area (Å²) in [5.41, 5.74) is 2.73. The number of piperidine rings is 2. The Morgan fingerprint density at radius 2 is 2.25 bits per heavy atom. The van der Waals surface area contributed by atoms with Gasteiger partial charge < -0.3 is 14.5 Å². The molecule has 1 aromatic carbocycles. The van der Waals surface area contributed by atoms with Crippen LogP contribution in [0.4, 0.5) is 0 Å². The number of esters is 1. The summed E-state index contributed by atoms with van der Waals surface area (Å²) in [5, 5.41) is 1.21. The van der Waals surface area contributed by atoms with Gasteiger partial charge in [-0.3, -0.25) is 14.5 Å². The number of carbonyl (C=O) groups is 2. The normalized spacial score (nSPS) is 33.2. The van der Waals surface area contributed by atoms with Gasteiger partial charge in [-0.2, -0.15) is 0 Å². The van der Waals surface area contributed by atoms with Crippen LogP contribution in [0.15, 0.2) is 24.3 Å². The van der Waals surface area contributed by atoms with Gasteiger partial charge in [0.1, 0.15) is 5.41 Å². The maximum absolute atomic E-state index is 13.4. The first kappa shape index (κ1) is 17.7. The number of nitrogens with zero attached hydrogens (tertiary/aromatic N) is 1. The van der Waals surface area contributed by atoms with E-state index in [2.05, 4.69) is 28.1 Å². The molecule has 1 saturated carbocycles. The first-order chi connectivity index (χ1) is 13.7. The molecule has 6 rings (SSSR count). The fourth-order valence-corrected chi connectivity index (χ4v) is 6.42. The largest absolute Gasteiger partial charge is 0.468 e. The summed E-state index contributed by atoms with van der Waals surface area (Å²) in [7, 11) is 1.50. The van der Waals surface area contributed by atoms with Gasteiger partial charge >= 0.3 is 5.97 Å². The number of aromatic nitrogens is 1. The molecule has 0 radical (unpaired) electrons. The lowest BCUT2D eigenvalue weighted by molar-refractivity contribution is -0.163. The van der Waals surface area contributed by atoms with Gasteiger partial charge in [0.05, 0.1) is 13.7 Å². The van der Waals surface area contributed by atoms with Gasteiger partial charge in [-0.1, -0.05) is 18.2 Å². The van der Waals surface area contributed by atoms with Crippen molar-refractivity contribution in [1.29, 1.82) is 0 Å². The topological polar surface area (TPSA) is 71.6 Å². The summed E-state index contributed by atoms with van der Waals surface area (Å²) < 4.78 is 10.4. The fourth-order valence-electron chi connectivity index (χ4n) is 6.42. The maximum Gasteiger partial charge on any atom is 0.319 e. The molecule has 6 nitrogen and oxygen atoms in total. The zero-order valence-electron chi connectivity index (χ0n) is 16.1. The molecule has 28 heavy (non-hydrogen) atoms. The quantitative estimate of drug-likeness (QED) is 0.488. The highest BCUT2D eigenvalue weighted by atomic mass is 16.5. The van der Waals surface area contributed by atoms with Crippen LogP contribution in [-0.2, 0) is 30.9 Å². The van der Waals surface area contributed by atoms with E-state index in [1.54, 1.807) is 0 Å². The molecule has 148 valence electrons. The molecular formula is C22H26N2O4. The molecule has 4 bridgehead atoms. The van der Waals surface area contributed by atoms with Crippen LogP contribution < -0.4 is 0 Å². The predicted molar refractivity (Wildman–Crippen MR) is 104 cm³/mol. The molecule has 4 unspecified atom stereocenters. The van der Waals surface area contributed by atoms with E-state index < -0.39 is 5.41 Å². The van der Waals surface area contributed by atoms with Crippen LogP contribution in [0.3, 0.4) is 0 Å². The van der Waals surface area contributed by atoms with Gasteiger partial charge in [-0.05, 0) is 49.1 Å². The van der Waals surface area contributed by atoms with Gasteiger partial charge in [0, 0.05) is 35.7 Å². The van der Waals surface area contributed by atoms with Crippen LogP contribution in [-0.4, -0.2) is 55.2 Å². The number of nitrogens with one attached hydrogen (secondary N) is 1. The summed E-state index contributed by atoms with van der Waals surface area (Å²) >= 11 is 0. The summed E-state index contributed by atoms with van der Waals surface area (Å²) in [6.45, 7) is 2.90. The van der Waals surface area contributed by atoms with E-state index in [1.165, 1.54) is 18.1 Å². The van der Waals surface area contributed by atoms with Crippen LogP contribution in [0.5, 0.6) is 0 Å². The summed E-state index contributed by atoms with van der Waals surface area (Å²) in [5.74, 6) is 0.620. The zero-order chi connectivity index (χ0) is 19.3. The predicted octanol–water partition coefficient (Wildman–Crippen LogP) is 2.41. The molecule has 0 spiro atoms. The number of fused-ring (bicyclic) bond motifs is 4.